The highest BCUT2D eigenvalue weighted by Crippen LogP contribution is 2.40. The zero-order valence-electron chi connectivity index (χ0n) is 38.8. The number of hydrogen-bond donors (Lipinski definition) is 4. The van der Waals surface area contributed by atoms with Crippen LogP contribution in [0.2, 0.25) is 0 Å². The number of phenols is 1. The second-order valence-corrected chi connectivity index (χ2v) is 19.3. The summed E-state index contributed by atoms with van der Waals surface area (Å²) in [6, 6.07) is 34.0. The molecule has 0 aliphatic rings. The van der Waals surface area contributed by atoms with Crippen molar-refractivity contribution in [3.63, 3.8) is 0 Å². The van der Waals surface area contributed by atoms with Crippen LogP contribution in [0.5, 0.6) is 11.5 Å². The molecule has 0 heterocycles. The molecular weight excluding hydrogens is 931 g/mol. The van der Waals surface area contributed by atoms with Crippen LogP contribution < -0.4 is 10.1 Å². The molecule has 0 atom stereocenters. The minimum Gasteiger partial charge on any atom is -0.505 e. The predicted molar refractivity (Wildman–Crippen MR) is 270 cm³/mol. The van der Waals surface area contributed by atoms with E-state index in [4.69, 9.17) is 4.74 Å². The van der Waals surface area contributed by atoms with E-state index in [1.165, 1.54) is 12.1 Å². The molecule has 8 aromatic carbocycles. The van der Waals surface area contributed by atoms with E-state index in [0.29, 0.717) is 56.3 Å². The third-order valence-electron chi connectivity index (χ3n) is 11.4. The molecule has 0 fully saturated rings. The van der Waals surface area contributed by atoms with Crippen molar-refractivity contribution in [2.45, 2.75) is 51.3 Å². The first-order valence-electron chi connectivity index (χ1n) is 21.4. The maximum atomic E-state index is 12.3. The predicted octanol–water partition coefficient (Wildman–Crippen LogP) is 15.5. The molecule has 0 amide bonds. The van der Waals surface area contributed by atoms with Crippen LogP contribution in [0.1, 0.15) is 33.4 Å². The lowest BCUT2D eigenvalue weighted by Gasteiger charge is -2.10. The van der Waals surface area contributed by atoms with Gasteiger partial charge in [0, 0.05) is 22.1 Å². The Kier molecular flexibility index (Phi) is 13.5. The molecule has 0 saturated carbocycles. The van der Waals surface area contributed by atoms with Gasteiger partial charge in [0.25, 0.3) is 20.2 Å². The van der Waals surface area contributed by atoms with E-state index >= 15 is 0 Å². The number of azo groups is 4. The van der Waals surface area contributed by atoms with Crippen LogP contribution in [0, 0.1) is 41.5 Å². The first-order chi connectivity index (χ1) is 33.2. The summed E-state index contributed by atoms with van der Waals surface area (Å²) in [6.07, 6.45) is 0. The number of methoxy groups -OCH3 is 1. The molecular formula is C51H45N9O8S2. The molecule has 8 aromatic rings. The monoisotopic (exact) mass is 975 g/mol. The number of fused-ring (bicyclic) bond motifs is 2. The summed E-state index contributed by atoms with van der Waals surface area (Å²) in [4.78, 5) is -1.05. The highest BCUT2D eigenvalue weighted by Gasteiger charge is 2.21. The lowest BCUT2D eigenvalue weighted by Crippen LogP contribution is -2.01. The molecule has 70 heavy (non-hydrogen) atoms. The molecule has 0 aliphatic carbocycles. The fourth-order valence-electron chi connectivity index (χ4n) is 7.51. The van der Waals surface area contributed by atoms with Crippen molar-refractivity contribution in [3.05, 3.63) is 155 Å². The second kappa shape index (κ2) is 19.5. The number of rotatable bonds is 13. The maximum Gasteiger partial charge on any atom is 0.296 e. The Morgan fingerprint density at radius 2 is 0.829 bits per heavy atom. The summed E-state index contributed by atoms with van der Waals surface area (Å²) in [5, 5.41) is 51.5. The number of anilines is 2. The summed E-state index contributed by atoms with van der Waals surface area (Å²) in [5.74, 6) is 0.798. The fourth-order valence-corrected chi connectivity index (χ4v) is 8.86. The first-order valence-corrected chi connectivity index (χ1v) is 24.3. The molecule has 0 radical (unpaired) electrons. The first kappa shape index (κ1) is 48.4. The van der Waals surface area contributed by atoms with Gasteiger partial charge in [0.05, 0.1) is 41.2 Å². The molecule has 0 spiro atoms. The van der Waals surface area contributed by atoms with Gasteiger partial charge in [0.1, 0.15) is 26.9 Å². The Bertz CT molecular complexity index is 3760. The third-order valence-corrected chi connectivity index (χ3v) is 13.2. The molecule has 0 unspecified atom stereocenters. The van der Waals surface area contributed by atoms with Crippen molar-refractivity contribution in [2.75, 3.05) is 12.4 Å². The number of phenolic OH excluding ortho intramolecular Hbond substituents is 1. The largest absolute Gasteiger partial charge is 0.505 e. The van der Waals surface area contributed by atoms with Crippen molar-refractivity contribution in [1.29, 1.82) is 0 Å². The lowest BCUT2D eigenvalue weighted by atomic mass is 10.1. The number of nitrogens with one attached hydrogen (secondary N) is 1. The summed E-state index contributed by atoms with van der Waals surface area (Å²) in [6.45, 7) is 11.1. The number of ether oxygens (including phenoxy) is 1. The van der Waals surface area contributed by atoms with Crippen LogP contribution in [0.3, 0.4) is 0 Å². The topological polar surface area (TPSA) is 249 Å². The van der Waals surface area contributed by atoms with E-state index < -0.39 is 30.0 Å². The zero-order valence-corrected chi connectivity index (χ0v) is 40.5. The van der Waals surface area contributed by atoms with E-state index in [2.05, 4.69) is 46.2 Å². The van der Waals surface area contributed by atoms with Crippen molar-refractivity contribution in [2.24, 2.45) is 40.9 Å². The van der Waals surface area contributed by atoms with Gasteiger partial charge in [0.15, 0.2) is 5.75 Å². The fraction of sp³-hybridized carbons (Fsp3) is 0.137. The van der Waals surface area contributed by atoms with Crippen molar-refractivity contribution in [3.8, 4) is 11.5 Å². The van der Waals surface area contributed by atoms with E-state index in [0.717, 1.165) is 63.0 Å². The number of nitrogens with zero attached hydrogens (tertiary/aromatic N) is 8. The van der Waals surface area contributed by atoms with Crippen LogP contribution in [0.4, 0.5) is 56.9 Å². The molecule has 19 heteroatoms. The van der Waals surface area contributed by atoms with Gasteiger partial charge >= 0.3 is 0 Å². The SMILES string of the molecule is COc1ccc(Nc2ccc3c(O)c(N=Nc4cc(C)c(N=Nc5cc(C)c(N=Nc6cc(C)c(N=Nc7cc8c(S(=O)(=O)O)cccc8cc7S(=O)(=O)O)cc6C)cc5C)cc4C)ccc3c2)cc1. The molecule has 0 aromatic heterocycles. The van der Waals surface area contributed by atoms with E-state index in [1.807, 2.05) is 100 Å². The summed E-state index contributed by atoms with van der Waals surface area (Å²) in [7, 11) is -7.86. The molecule has 354 valence electrons. The minimum atomic E-state index is -4.81. The number of benzene rings is 8. The summed E-state index contributed by atoms with van der Waals surface area (Å²) >= 11 is 0. The Hall–Kier alpha value is -8.10. The normalized spacial score (nSPS) is 12.4. The van der Waals surface area contributed by atoms with Gasteiger partial charge in [0.2, 0.25) is 0 Å². The Morgan fingerprint density at radius 1 is 0.414 bits per heavy atom. The van der Waals surface area contributed by atoms with Gasteiger partial charge in [-0.2, -0.15) is 47.5 Å². The van der Waals surface area contributed by atoms with Gasteiger partial charge < -0.3 is 15.2 Å². The summed E-state index contributed by atoms with van der Waals surface area (Å²) in [5.41, 5.74) is 9.73. The van der Waals surface area contributed by atoms with Crippen LogP contribution in [0.15, 0.2) is 172 Å². The van der Waals surface area contributed by atoms with E-state index in [-0.39, 0.29) is 22.2 Å². The van der Waals surface area contributed by atoms with Crippen LogP contribution in [-0.2, 0) is 20.2 Å². The van der Waals surface area contributed by atoms with Gasteiger partial charge in [-0.25, -0.2) is 0 Å². The second-order valence-electron chi connectivity index (χ2n) is 16.5. The zero-order chi connectivity index (χ0) is 50.1. The molecule has 4 N–H and O–H groups in total. The molecule has 0 bridgehead atoms. The maximum absolute atomic E-state index is 12.3. The van der Waals surface area contributed by atoms with Gasteiger partial charge in [-0.3, -0.25) is 9.11 Å². The number of aromatic hydroxyl groups is 1. The quantitative estimate of drug-likeness (QED) is 0.0632. The Morgan fingerprint density at radius 3 is 1.27 bits per heavy atom. The lowest BCUT2D eigenvalue weighted by molar-refractivity contribution is 0.415. The van der Waals surface area contributed by atoms with Crippen molar-refractivity contribution in [1.82, 2.24) is 0 Å². The summed E-state index contributed by atoms with van der Waals surface area (Å²) < 4.78 is 73.6. The average Bonchev–Trinajstić information content (AvgIpc) is 3.31. The molecule has 0 aliphatic heterocycles. The Labute approximate surface area is 403 Å². The van der Waals surface area contributed by atoms with Crippen molar-refractivity contribution >= 4 is 98.7 Å². The van der Waals surface area contributed by atoms with Crippen LogP contribution in [0.25, 0.3) is 21.5 Å². The standard InChI is InChI=1S/C51H45N9O8S2/c1-28-20-43(29(2)19-42(28)54-53-41-18-11-35-25-37(14-17-39(35)51(41)61)52-36-12-15-38(68-7)16-13-36)55-56-44-21-31(4)45(22-30(44)3)57-58-46-23-33(6)47(24-32(46)5)59-60-48-27-40-34(26-50(48)70(65,66)67)9-8-10-49(40)69(62,63)64/h8-27,52,61H,1-7H3,(H,62,63,64)(H,65,66,67). The molecule has 8 rings (SSSR count). The molecule has 0 saturated heterocycles. The van der Waals surface area contributed by atoms with Gasteiger partial charge in [-0.1, -0.05) is 18.2 Å². The smallest absolute Gasteiger partial charge is 0.296 e. The number of aryl methyl sites for hydroxylation is 6. The third kappa shape index (κ3) is 10.6. The van der Waals surface area contributed by atoms with Crippen LogP contribution >= 0.6 is 0 Å². The van der Waals surface area contributed by atoms with Crippen molar-refractivity contribution < 1.29 is 35.8 Å². The highest BCUT2D eigenvalue weighted by molar-refractivity contribution is 7.86. The van der Waals surface area contributed by atoms with E-state index in [9.17, 15) is 31.0 Å². The number of hydrogen-bond acceptors (Lipinski definition) is 15. The average molecular weight is 976 g/mol. The highest BCUT2D eigenvalue weighted by atomic mass is 32.2. The van der Waals surface area contributed by atoms with Gasteiger partial charge in [-0.05, 0) is 189 Å². The minimum absolute atomic E-state index is 0.00978. The van der Waals surface area contributed by atoms with Gasteiger partial charge in [-0.15, -0.1) is 10.2 Å². The van der Waals surface area contributed by atoms with E-state index in [1.54, 1.807) is 39.2 Å². The Balaban J connectivity index is 0.957. The van der Waals surface area contributed by atoms with Crippen LogP contribution in [-0.4, -0.2) is 38.2 Å². The molecule has 17 nitrogen and oxygen atoms in total.